The highest BCUT2D eigenvalue weighted by Crippen LogP contribution is 2.02. The van der Waals surface area contributed by atoms with Crippen LogP contribution in [0.4, 0.5) is 0 Å². The number of Topliss-reactive ketones (excluding diaryl/α,β-unsaturated/α-hetero) is 1. The van der Waals surface area contributed by atoms with Crippen LogP contribution in [0.5, 0.6) is 0 Å². The summed E-state index contributed by atoms with van der Waals surface area (Å²) in [5, 5.41) is 7.20. The second-order valence-corrected chi connectivity index (χ2v) is 2.28. The van der Waals surface area contributed by atoms with Crippen molar-refractivity contribution in [3.8, 4) is 0 Å². The first kappa shape index (κ1) is 8.34. The lowest BCUT2D eigenvalue weighted by Crippen LogP contribution is -2.16. The lowest BCUT2D eigenvalue weighted by atomic mass is 10.0. The van der Waals surface area contributed by atoms with Crippen molar-refractivity contribution in [1.82, 2.24) is 0 Å². The molecule has 0 aromatic rings. The largest absolute Gasteiger partial charge is 0.301 e. The Labute approximate surface area is 55.8 Å². The Morgan fingerprint density at radius 3 is 2.22 bits per heavy atom. The average molecular weight is 127 g/mol. The van der Waals surface area contributed by atoms with E-state index in [9.17, 15) is 4.79 Å². The second-order valence-electron chi connectivity index (χ2n) is 2.28. The van der Waals surface area contributed by atoms with Crippen LogP contribution in [0, 0.1) is 11.3 Å². The molecule has 0 saturated carbocycles. The summed E-state index contributed by atoms with van der Waals surface area (Å²) in [6.07, 6.45) is 0.873. The Balaban J connectivity index is 3.88. The zero-order valence-corrected chi connectivity index (χ0v) is 6.19. The van der Waals surface area contributed by atoms with Crippen molar-refractivity contribution >= 4 is 11.5 Å². The van der Waals surface area contributed by atoms with Crippen LogP contribution >= 0.6 is 0 Å². The summed E-state index contributed by atoms with van der Waals surface area (Å²) in [6.45, 7) is 5.31. The highest BCUT2D eigenvalue weighted by Gasteiger charge is 2.09. The smallest absolute Gasteiger partial charge is 0.173 e. The van der Waals surface area contributed by atoms with E-state index in [0.29, 0.717) is 0 Å². The SMILES string of the molecule is CC[C@H](C)C(=N)C(C)=O. The topological polar surface area (TPSA) is 40.9 Å². The Hall–Kier alpha value is -0.660. The number of carbonyl (C=O) groups excluding carboxylic acids is 1. The fourth-order valence-corrected chi connectivity index (χ4v) is 0.551. The van der Waals surface area contributed by atoms with Crippen LogP contribution in [0.25, 0.3) is 0 Å². The fraction of sp³-hybridized carbons (Fsp3) is 0.714. The van der Waals surface area contributed by atoms with Crippen molar-refractivity contribution in [1.29, 1.82) is 5.41 Å². The predicted molar refractivity (Wildman–Crippen MR) is 37.9 cm³/mol. The minimum absolute atomic E-state index is 0.107. The first-order valence-electron chi connectivity index (χ1n) is 3.19. The summed E-state index contributed by atoms with van der Waals surface area (Å²) < 4.78 is 0. The molecule has 0 saturated heterocycles. The van der Waals surface area contributed by atoms with Gasteiger partial charge in [-0.05, 0) is 6.42 Å². The predicted octanol–water partition coefficient (Wildman–Crippen LogP) is 1.64. The lowest BCUT2D eigenvalue weighted by Gasteiger charge is -2.04. The van der Waals surface area contributed by atoms with Crippen LogP contribution in [0.3, 0.4) is 0 Å². The maximum atomic E-state index is 10.5. The summed E-state index contributed by atoms with van der Waals surface area (Å²) >= 11 is 0. The first-order valence-corrected chi connectivity index (χ1v) is 3.19. The second kappa shape index (κ2) is 3.38. The molecule has 0 aliphatic heterocycles. The highest BCUT2D eigenvalue weighted by molar-refractivity contribution is 6.38. The van der Waals surface area contributed by atoms with Crippen molar-refractivity contribution in [2.24, 2.45) is 5.92 Å². The summed E-state index contributed by atoms with van der Waals surface area (Å²) in [4.78, 5) is 10.5. The van der Waals surface area contributed by atoms with E-state index >= 15 is 0 Å². The quantitative estimate of drug-likeness (QED) is 0.575. The molecule has 0 heterocycles. The van der Waals surface area contributed by atoms with E-state index in [-0.39, 0.29) is 17.4 Å². The average Bonchev–Trinajstić information content (AvgIpc) is 1.84. The fourth-order valence-electron chi connectivity index (χ4n) is 0.551. The maximum absolute atomic E-state index is 10.5. The molecule has 52 valence electrons. The van der Waals surface area contributed by atoms with Gasteiger partial charge in [0.2, 0.25) is 0 Å². The number of nitrogens with one attached hydrogen (secondary N) is 1. The third kappa shape index (κ3) is 2.40. The van der Waals surface area contributed by atoms with Crippen molar-refractivity contribution in [3.05, 3.63) is 0 Å². The van der Waals surface area contributed by atoms with E-state index in [0.717, 1.165) is 6.42 Å². The van der Waals surface area contributed by atoms with E-state index in [1.54, 1.807) is 0 Å². The standard InChI is InChI=1S/C7H13NO/c1-4-5(2)7(8)6(3)9/h5,8H,4H2,1-3H3/t5-/m0/s1. The molecule has 0 fully saturated rings. The number of carbonyl (C=O) groups is 1. The molecular formula is C7H13NO. The Bertz CT molecular complexity index is 129. The number of hydrogen-bond acceptors (Lipinski definition) is 2. The molecule has 0 bridgehead atoms. The van der Waals surface area contributed by atoms with Crippen LogP contribution in [0.2, 0.25) is 0 Å². The van der Waals surface area contributed by atoms with E-state index in [2.05, 4.69) is 0 Å². The van der Waals surface area contributed by atoms with E-state index < -0.39 is 0 Å². The molecular weight excluding hydrogens is 114 g/mol. The molecule has 0 unspecified atom stereocenters. The van der Waals surface area contributed by atoms with Gasteiger partial charge in [0, 0.05) is 12.8 Å². The van der Waals surface area contributed by atoms with Crippen molar-refractivity contribution in [2.45, 2.75) is 27.2 Å². The van der Waals surface area contributed by atoms with Gasteiger partial charge in [0.15, 0.2) is 5.78 Å². The molecule has 0 rings (SSSR count). The van der Waals surface area contributed by atoms with Crippen molar-refractivity contribution in [3.63, 3.8) is 0 Å². The van der Waals surface area contributed by atoms with Crippen molar-refractivity contribution < 1.29 is 4.79 Å². The Morgan fingerprint density at radius 1 is 1.67 bits per heavy atom. The Morgan fingerprint density at radius 2 is 2.11 bits per heavy atom. The van der Waals surface area contributed by atoms with Crippen molar-refractivity contribution in [2.75, 3.05) is 0 Å². The molecule has 2 heteroatoms. The normalized spacial score (nSPS) is 12.8. The van der Waals surface area contributed by atoms with Gasteiger partial charge >= 0.3 is 0 Å². The van der Waals surface area contributed by atoms with Crippen LogP contribution in [-0.4, -0.2) is 11.5 Å². The molecule has 0 amide bonds. The van der Waals surface area contributed by atoms with Gasteiger partial charge in [-0.3, -0.25) is 4.79 Å². The summed E-state index contributed by atoms with van der Waals surface area (Å²) in [5.74, 6) is 0.0202. The summed E-state index contributed by atoms with van der Waals surface area (Å²) in [6, 6.07) is 0. The zero-order valence-electron chi connectivity index (χ0n) is 6.19. The molecule has 1 atom stereocenters. The number of ketones is 1. The minimum Gasteiger partial charge on any atom is -0.301 e. The van der Waals surface area contributed by atoms with Crippen LogP contribution in [-0.2, 0) is 4.79 Å². The van der Waals surface area contributed by atoms with Gasteiger partial charge in [-0.2, -0.15) is 0 Å². The molecule has 0 aromatic heterocycles. The van der Waals surface area contributed by atoms with Gasteiger partial charge in [-0.25, -0.2) is 0 Å². The molecule has 0 aliphatic rings. The van der Waals surface area contributed by atoms with Gasteiger partial charge < -0.3 is 5.41 Å². The molecule has 0 spiro atoms. The number of hydrogen-bond donors (Lipinski definition) is 1. The maximum Gasteiger partial charge on any atom is 0.173 e. The highest BCUT2D eigenvalue weighted by atomic mass is 16.1. The first-order chi connectivity index (χ1) is 4.09. The van der Waals surface area contributed by atoms with Gasteiger partial charge in [0.25, 0.3) is 0 Å². The van der Waals surface area contributed by atoms with Crippen LogP contribution in [0.1, 0.15) is 27.2 Å². The van der Waals surface area contributed by atoms with Gasteiger partial charge in [0.05, 0.1) is 5.71 Å². The molecule has 0 aromatic carbocycles. The molecule has 0 aliphatic carbocycles. The summed E-state index contributed by atoms with van der Waals surface area (Å²) in [5.41, 5.74) is 0.248. The third-order valence-electron chi connectivity index (χ3n) is 1.48. The van der Waals surface area contributed by atoms with Gasteiger partial charge in [-0.1, -0.05) is 13.8 Å². The van der Waals surface area contributed by atoms with E-state index in [1.807, 2.05) is 13.8 Å². The van der Waals surface area contributed by atoms with E-state index in [4.69, 9.17) is 5.41 Å². The molecule has 1 N–H and O–H groups in total. The van der Waals surface area contributed by atoms with Crippen LogP contribution < -0.4 is 0 Å². The molecule has 9 heavy (non-hydrogen) atoms. The lowest BCUT2D eigenvalue weighted by molar-refractivity contribution is -0.111. The number of rotatable bonds is 3. The third-order valence-corrected chi connectivity index (χ3v) is 1.48. The summed E-state index contributed by atoms with van der Waals surface area (Å²) in [7, 11) is 0. The van der Waals surface area contributed by atoms with Gasteiger partial charge in [-0.15, -0.1) is 0 Å². The minimum atomic E-state index is -0.107. The zero-order chi connectivity index (χ0) is 7.44. The molecule has 2 nitrogen and oxygen atoms in total. The Kier molecular flexibility index (Phi) is 3.13. The van der Waals surface area contributed by atoms with Crippen LogP contribution in [0.15, 0.2) is 0 Å². The molecule has 0 radical (unpaired) electrons. The van der Waals surface area contributed by atoms with E-state index in [1.165, 1.54) is 6.92 Å². The monoisotopic (exact) mass is 127 g/mol. The van der Waals surface area contributed by atoms with Gasteiger partial charge in [0.1, 0.15) is 0 Å².